The maximum atomic E-state index is 12.3. The highest BCUT2D eigenvalue weighted by Gasteiger charge is 2.09. The van der Waals surface area contributed by atoms with E-state index in [1.54, 1.807) is 42.6 Å². The standard InChI is InChI=1S/C21H25ClN4O2/c1-4-7-20(25-21(27)18-8-5-6-11-23-18)26-24-13-16-12-17(22)9-10-19(16)28-14-15(2)3/h4-12,15,24H,13-14H2,1-3H3,(H,25,26,27)/b7-4+. The van der Waals surface area contributed by atoms with E-state index in [1.807, 2.05) is 19.1 Å². The fraction of sp³-hybridized carbons (Fsp3) is 0.286. The summed E-state index contributed by atoms with van der Waals surface area (Å²) < 4.78 is 5.84. The third-order valence-electron chi connectivity index (χ3n) is 3.53. The normalized spacial score (nSPS) is 11.7. The number of benzene rings is 1. The summed E-state index contributed by atoms with van der Waals surface area (Å²) in [6.45, 7) is 7.03. The van der Waals surface area contributed by atoms with Crippen LogP contribution >= 0.6 is 11.6 Å². The molecule has 2 aromatic rings. The van der Waals surface area contributed by atoms with Gasteiger partial charge in [0.1, 0.15) is 11.4 Å². The van der Waals surface area contributed by atoms with Crippen molar-refractivity contribution in [1.82, 2.24) is 15.7 Å². The number of rotatable bonds is 8. The van der Waals surface area contributed by atoms with Crippen molar-refractivity contribution in [2.75, 3.05) is 6.61 Å². The Morgan fingerprint density at radius 1 is 1.32 bits per heavy atom. The number of nitrogens with zero attached hydrogens (tertiary/aromatic N) is 2. The number of hydrogen-bond acceptors (Lipinski definition) is 5. The van der Waals surface area contributed by atoms with Crippen molar-refractivity contribution in [2.45, 2.75) is 27.3 Å². The van der Waals surface area contributed by atoms with E-state index in [1.165, 1.54) is 0 Å². The number of hydrogen-bond donors (Lipinski definition) is 2. The number of aromatic nitrogens is 1. The number of halogens is 1. The molecule has 148 valence electrons. The lowest BCUT2D eigenvalue weighted by Crippen LogP contribution is -2.31. The second-order valence-corrected chi connectivity index (χ2v) is 6.89. The van der Waals surface area contributed by atoms with Crippen molar-refractivity contribution in [3.05, 3.63) is 71.0 Å². The maximum absolute atomic E-state index is 12.3. The second-order valence-electron chi connectivity index (χ2n) is 6.46. The van der Waals surface area contributed by atoms with Crippen LogP contribution in [0.4, 0.5) is 0 Å². The summed E-state index contributed by atoms with van der Waals surface area (Å²) in [6, 6.07) is 10.6. The number of allylic oxidation sites excluding steroid dienone is 1. The van der Waals surface area contributed by atoms with Crippen molar-refractivity contribution >= 4 is 23.3 Å². The van der Waals surface area contributed by atoms with E-state index in [0.717, 1.165) is 11.3 Å². The summed E-state index contributed by atoms with van der Waals surface area (Å²) in [6.07, 6.45) is 5.05. The van der Waals surface area contributed by atoms with E-state index in [4.69, 9.17) is 16.3 Å². The highest BCUT2D eigenvalue weighted by molar-refractivity contribution is 6.30. The average Bonchev–Trinajstić information content (AvgIpc) is 2.68. The van der Waals surface area contributed by atoms with Gasteiger partial charge in [0, 0.05) is 16.8 Å². The van der Waals surface area contributed by atoms with Gasteiger partial charge < -0.3 is 15.5 Å². The van der Waals surface area contributed by atoms with Gasteiger partial charge >= 0.3 is 0 Å². The largest absolute Gasteiger partial charge is 0.493 e. The topological polar surface area (TPSA) is 75.6 Å². The first kappa shape index (κ1) is 21.4. The molecule has 2 rings (SSSR count). The van der Waals surface area contributed by atoms with Crippen LogP contribution in [0.15, 0.2) is 59.8 Å². The van der Waals surface area contributed by atoms with Gasteiger partial charge in [-0.3, -0.25) is 9.78 Å². The summed E-state index contributed by atoms with van der Waals surface area (Å²) in [4.78, 5) is 16.3. The van der Waals surface area contributed by atoms with Gasteiger partial charge in [0.25, 0.3) is 5.91 Å². The number of carbonyl (C=O) groups is 1. The smallest absolute Gasteiger partial charge is 0.275 e. The SMILES string of the molecule is C/C=C/C(=N\NCc1cc(Cl)ccc1OCC(C)C)NC(=O)c1ccccn1. The average molecular weight is 401 g/mol. The third-order valence-corrected chi connectivity index (χ3v) is 3.76. The highest BCUT2D eigenvalue weighted by Crippen LogP contribution is 2.23. The second kappa shape index (κ2) is 11.1. The zero-order valence-electron chi connectivity index (χ0n) is 16.3. The summed E-state index contributed by atoms with van der Waals surface area (Å²) >= 11 is 6.11. The van der Waals surface area contributed by atoms with Crippen LogP contribution in [0.25, 0.3) is 0 Å². The molecule has 0 saturated carbocycles. The summed E-state index contributed by atoms with van der Waals surface area (Å²) in [7, 11) is 0. The zero-order chi connectivity index (χ0) is 20.4. The van der Waals surface area contributed by atoms with Crippen LogP contribution in [0, 0.1) is 5.92 Å². The van der Waals surface area contributed by atoms with Gasteiger partial charge in [-0.1, -0.05) is 37.6 Å². The summed E-state index contributed by atoms with van der Waals surface area (Å²) in [5.41, 5.74) is 4.16. The Bertz CT molecular complexity index is 836. The molecule has 0 saturated heterocycles. The zero-order valence-corrected chi connectivity index (χ0v) is 17.0. The van der Waals surface area contributed by atoms with E-state index in [-0.39, 0.29) is 5.91 Å². The quantitative estimate of drug-likeness (QED) is 0.396. The maximum Gasteiger partial charge on any atom is 0.275 e. The molecule has 2 N–H and O–H groups in total. The lowest BCUT2D eigenvalue weighted by atomic mass is 10.2. The van der Waals surface area contributed by atoms with Gasteiger partial charge in [0.2, 0.25) is 0 Å². The van der Waals surface area contributed by atoms with E-state index < -0.39 is 0 Å². The molecule has 1 aromatic heterocycles. The molecule has 28 heavy (non-hydrogen) atoms. The molecule has 1 heterocycles. The lowest BCUT2D eigenvalue weighted by Gasteiger charge is -2.14. The van der Waals surface area contributed by atoms with Crippen LogP contribution < -0.4 is 15.5 Å². The van der Waals surface area contributed by atoms with Gasteiger partial charge in [-0.15, -0.1) is 0 Å². The Hall–Kier alpha value is -2.86. The number of amidine groups is 1. The minimum atomic E-state index is -0.331. The molecule has 0 bridgehead atoms. The fourth-order valence-corrected chi connectivity index (χ4v) is 2.43. The third kappa shape index (κ3) is 7.04. The van der Waals surface area contributed by atoms with Crippen LogP contribution in [0.1, 0.15) is 36.8 Å². The Kier molecular flexibility index (Phi) is 8.49. The van der Waals surface area contributed by atoms with Gasteiger partial charge in [0.15, 0.2) is 5.84 Å². The molecule has 0 spiro atoms. The van der Waals surface area contributed by atoms with Gasteiger partial charge in [0.05, 0.1) is 13.2 Å². The molecule has 1 amide bonds. The summed E-state index contributed by atoms with van der Waals surface area (Å²) in [5, 5.41) is 7.61. The predicted octanol–water partition coefficient (Wildman–Crippen LogP) is 4.18. The van der Waals surface area contributed by atoms with E-state index in [2.05, 4.69) is 34.7 Å². The molecule has 0 atom stereocenters. The molecule has 7 heteroatoms. The molecule has 0 radical (unpaired) electrons. The molecule has 0 aliphatic rings. The van der Waals surface area contributed by atoms with Crippen LogP contribution in [0.2, 0.25) is 5.02 Å². The molecule has 0 aliphatic heterocycles. The number of nitrogens with one attached hydrogen (secondary N) is 2. The molecular formula is C21H25ClN4O2. The minimum Gasteiger partial charge on any atom is -0.493 e. The van der Waals surface area contributed by atoms with Crippen LogP contribution in [0.5, 0.6) is 5.75 Å². The number of hydrazone groups is 1. The predicted molar refractivity (Wildman–Crippen MR) is 113 cm³/mol. The van der Waals surface area contributed by atoms with Crippen molar-refractivity contribution in [1.29, 1.82) is 0 Å². The highest BCUT2D eigenvalue weighted by atomic mass is 35.5. The van der Waals surface area contributed by atoms with Crippen LogP contribution in [0.3, 0.4) is 0 Å². The van der Waals surface area contributed by atoms with Crippen molar-refractivity contribution in [3.8, 4) is 5.75 Å². The Morgan fingerprint density at radius 2 is 2.14 bits per heavy atom. The number of ether oxygens (including phenoxy) is 1. The Morgan fingerprint density at radius 3 is 2.82 bits per heavy atom. The molecule has 0 aliphatic carbocycles. The van der Waals surface area contributed by atoms with Gasteiger partial charge in [-0.05, 0) is 49.2 Å². The van der Waals surface area contributed by atoms with Crippen LogP contribution in [-0.4, -0.2) is 23.3 Å². The first-order chi connectivity index (χ1) is 13.5. The van der Waals surface area contributed by atoms with Crippen molar-refractivity contribution in [2.24, 2.45) is 11.0 Å². The van der Waals surface area contributed by atoms with Crippen molar-refractivity contribution < 1.29 is 9.53 Å². The molecular weight excluding hydrogens is 376 g/mol. The van der Waals surface area contributed by atoms with Gasteiger partial charge in [-0.2, -0.15) is 5.10 Å². The molecule has 0 unspecified atom stereocenters. The summed E-state index contributed by atoms with van der Waals surface area (Å²) in [5.74, 6) is 1.22. The Balaban J connectivity index is 2.05. The van der Waals surface area contributed by atoms with E-state index >= 15 is 0 Å². The molecule has 1 aromatic carbocycles. The fourth-order valence-electron chi connectivity index (χ4n) is 2.24. The molecule has 0 fully saturated rings. The lowest BCUT2D eigenvalue weighted by molar-refractivity contribution is 0.0972. The van der Waals surface area contributed by atoms with Gasteiger partial charge in [-0.25, -0.2) is 0 Å². The van der Waals surface area contributed by atoms with Crippen molar-refractivity contribution in [3.63, 3.8) is 0 Å². The number of amides is 1. The van der Waals surface area contributed by atoms with E-state index in [0.29, 0.717) is 35.6 Å². The molecule has 6 nitrogen and oxygen atoms in total. The van der Waals surface area contributed by atoms with E-state index in [9.17, 15) is 4.79 Å². The monoisotopic (exact) mass is 400 g/mol. The first-order valence-corrected chi connectivity index (χ1v) is 9.44. The minimum absolute atomic E-state index is 0.318. The van der Waals surface area contributed by atoms with Crippen LogP contribution in [-0.2, 0) is 6.54 Å². The Labute approximate surface area is 170 Å². The number of pyridine rings is 1. The first-order valence-electron chi connectivity index (χ1n) is 9.06. The number of carbonyl (C=O) groups excluding carboxylic acids is 1.